The fraction of sp³-hybridized carbons (Fsp3) is 0.368. The summed E-state index contributed by atoms with van der Waals surface area (Å²) in [7, 11) is 1.71. The molecule has 2 aromatic heterocycles. The van der Waals surface area contributed by atoms with Crippen LogP contribution in [0.25, 0.3) is 5.69 Å². The predicted molar refractivity (Wildman–Crippen MR) is 98.4 cm³/mol. The van der Waals surface area contributed by atoms with Crippen LogP contribution >= 0.6 is 0 Å². The summed E-state index contributed by atoms with van der Waals surface area (Å²) >= 11 is 0. The molecule has 1 aromatic carbocycles. The lowest BCUT2D eigenvalue weighted by molar-refractivity contribution is 0.207. The molecule has 2 amide bonds. The van der Waals surface area contributed by atoms with E-state index in [0.29, 0.717) is 37.1 Å². The number of aromatic nitrogens is 4. The van der Waals surface area contributed by atoms with Gasteiger partial charge in [-0.1, -0.05) is 5.16 Å². The Morgan fingerprint density at radius 3 is 2.89 bits per heavy atom. The highest BCUT2D eigenvalue weighted by molar-refractivity contribution is 5.73. The molecule has 2 heterocycles. The van der Waals surface area contributed by atoms with Crippen LogP contribution < -0.4 is 5.32 Å². The van der Waals surface area contributed by atoms with Gasteiger partial charge in [0.25, 0.3) is 0 Å². The second-order valence-electron chi connectivity index (χ2n) is 6.93. The number of rotatable bonds is 7. The number of benzene rings is 1. The van der Waals surface area contributed by atoms with E-state index in [0.717, 1.165) is 24.1 Å². The standard InChI is InChI=1S/C19H21FN6O2/c1-25(11-13-10-22-26(12-13)16-6-4-15(20)5-7-16)19(27)21-9-8-17-23-18(28-24-17)14-2-3-14/h4-7,10,12,14H,2-3,8-9,11H2,1H3,(H,21,27). The van der Waals surface area contributed by atoms with Gasteiger partial charge in [-0.2, -0.15) is 10.1 Å². The van der Waals surface area contributed by atoms with Crippen LogP contribution in [0.2, 0.25) is 0 Å². The summed E-state index contributed by atoms with van der Waals surface area (Å²) in [5.74, 6) is 1.46. The topological polar surface area (TPSA) is 89.1 Å². The first-order chi connectivity index (χ1) is 13.6. The quantitative estimate of drug-likeness (QED) is 0.676. The molecule has 0 saturated heterocycles. The van der Waals surface area contributed by atoms with Crippen molar-refractivity contribution in [2.45, 2.75) is 31.7 Å². The van der Waals surface area contributed by atoms with Crippen molar-refractivity contribution in [1.82, 2.24) is 30.1 Å². The maximum Gasteiger partial charge on any atom is 0.317 e. The monoisotopic (exact) mass is 384 g/mol. The number of nitrogens with one attached hydrogen (secondary N) is 1. The molecular weight excluding hydrogens is 363 g/mol. The van der Waals surface area contributed by atoms with Crippen LogP contribution in [0.3, 0.4) is 0 Å². The number of urea groups is 1. The van der Waals surface area contributed by atoms with Crippen molar-refractivity contribution in [3.63, 3.8) is 0 Å². The molecule has 1 fully saturated rings. The van der Waals surface area contributed by atoms with Crippen LogP contribution in [0.4, 0.5) is 9.18 Å². The molecule has 4 rings (SSSR count). The molecule has 146 valence electrons. The second-order valence-corrected chi connectivity index (χ2v) is 6.93. The van der Waals surface area contributed by atoms with Gasteiger partial charge < -0.3 is 14.7 Å². The molecule has 0 unspecified atom stereocenters. The molecule has 0 atom stereocenters. The van der Waals surface area contributed by atoms with Gasteiger partial charge in [-0.25, -0.2) is 13.9 Å². The molecule has 3 aromatic rings. The first kappa shape index (κ1) is 18.1. The Hall–Kier alpha value is -3.23. The first-order valence-corrected chi connectivity index (χ1v) is 9.19. The van der Waals surface area contributed by atoms with Crippen molar-refractivity contribution < 1.29 is 13.7 Å². The van der Waals surface area contributed by atoms with Crippen molar-refractivity contribution >= 4 is 6.03 Å². The molecule has 0 spiro atoms. The third-order valence-electron chi connectivity index (χ3n) is 4.53. The Morgan fingerprint density at radius 1 is 1.36 bits per heavy atom. The van der Waals surface area contributed by atoms with Crippen molar-refractivity contribution in [3.05, 3.63) is 59.8 Å². The van der Waals surface area contributed by atoms with Crippen LogP contribution in [0.5, 0.6) is 0 Å². The van der Waals surface area contributed by atoms with Crippen LogP contribution in [-0.4, -0.2) is 44.4 Å². The highest BCUT2D eigenvalue weighted by Crippen LogP contribution is 2.38. The number of halogens is 1. The molecule has 0 radical (unpaired) electrons. The van der Waals surface area contributed by atoms with Gasteiger partial charge in [0, 0.05) is 37.7 Å². The summed E-state index contributed by atoms with van der Waals surface area (Å²) in [6, 6.07) is 5.87. The first-order valence-electron chi connectivity index (χ1n) is 9.19. The molecule has 0 aliphatic heterocycles. The van der Waals surface area contributed by atoms with Gasteiger partial charge in [-0.15, -0.1) is 0 Å². The van der Waals surface area contributed by atoms with Gasteiger partial charge >= 0.3 is 6.03 Å². The second kappa shape index (κ2) is 7.79. The average Bonchev–Trinajstić information content (AvgIpc) is 3.25. The maximum atomic E-state index is 13.0. The van der Waals surface area contributed by atoms with Gasteiger partial charge in [0.05, 0.1) is 18.4 Å². The summed E-state index contributed by atoms with van der Waals surface area (Å²) in [4.78, 5) is 18.2. The molecule has 28 heavy (non-hydrogen) atoms. The molecular formula is C19H21FN6O2. The molecule has 1 saturated carbocycles. The zero-order valence-corrected chi connectivity index (χ0v) is 15.5. The molecule has 0 bridgehead atoms. The zero-order valence-electron chi connectivity index (χ0n) is 15.5. The summed E-state index contributed by atoms with van der Waals surface area (Å²) < 4.78 is 19.9. The highest BCUT2D eigenvalue weighted by Gasteiger charge is 2.29. The minimum atomic E-state index is -0.294. The number of amides is 2. The van der Waals surface area contributed by atoms with Crippen LogP contribution in [-0.2, 0) is 13.0 Å². The molecule has 1 N–H and O–H groups in total. The normalized spacial score (nSPS) is 13.5. The van der Waals surface area contributed by atoms with E-state index in [4.69, 9.17) is 4.52 Å². The number of hydrogen-bond donors (Lipinski definition) is 1. The average molecular weight is 384 g/mol. The Kier molecular flexibility index (Phi) is 5.05. The lowest BCUT2D eigenvalue weighted by atomic mass is 10.3. The van der Waals surface area contributed by atoms with E-state index in [-0.39, 0.29) is 11.8 Å². The highest BCUT2D eigenvalue weighted by atomic mass is 19.1. The third kappa shape index (κ3) is 4.36. The van der Waals surface area contributed by atoms with Gasteiger partial charge in [-0.3, -0.25) is 0 Å². The van der Waals surface area contributed by atoms with E-state index in [1.54, 1.807) is 35.0 Å². The molecule has 8 nitrogen and oxygen atoms in total. The van der Waals surface area contributed by atoms with Gasteiger partial charge in [-0.05, 0) is 37.1 Å². The van der Waals surface area contributed by atoms with E-state index in [2.05, 4.69) is 20.6 Å². The minimum absolute atomic E-state index is 0.194. The smallest absolute Gasteiger partial charge is 0.317 e. The van der Waals surface area contributed by atoms with Crippen LogP contribution in [0.15, 0.2) is 41.2 Å². The molecule has 1 aliphatic carbocycles. The zero-order chi connectivity index (χ0) is 19.5. The number of nitrogens with zero attached hydrogens (tertiary/aromatic N) is 5. The van der Waals surface area contributed by atoms with Gasteiger partial charge in [0.15, 0.2) is 5.82 Å². The Balaban J connectivity index is 1.25. The van der Waals surface area contributed by atoms with Crippen molar-refractivity contribution in [1.29, 1.82) is 0 Å². The van der Waals surface area contributed by atoms with Gasteiger partial charge in [0.2, 0.25) is 5.89 Å². The van der Waals surface area contributed by atoms with E-state index in [1.165, 1.54) is 12.1 Å². The third-order valence-corrected chi connectivity index (χ3v) is 4.53. The number of hydrogen-bond acceptors (Lipinski definition) is 5. The van der Waals surface area contributed by atoms with Gasteiger partial charge in [0.1, 0.15) is 5.82 Å². The Morgan fingerprint density at radius 2 is 2.14 bits per heavy atom. The minimum Gasteiger partial charge on any atom is -0.339 e. The summed E-state index contributed by atoms with van der Waals surface area (Å²) in [5, 5.41) is 11.0. The van der Waals surface area contributed by atoms with E-state index >= 15 is 0 Å². The summed E-state index contributed by atoms with van der Waals surface area (Å²) in [5.41, 5.74) is 1.62. The van der Waals surface area contributed by atoms with E-state index in [9.17, 15) is 9.18 Å². The Labute approximate surface area is 161 Å². The largest absolute Gasteiger partial charge is 0.339 e. The summed E-state index contributed by atoms with van der Waals surface area (Å²) in [6.07, 6.45) is 6.25. The summed E-state index contributed by atoms with van der Waals surface area (Å²) in [6.45, 7) is 0.836. The number of carbonyl (C=O) groups is 1. The molecule has 1 aliphatic rings. The van der Waals surface area contributed by atoms with Crippen molar-refractivity contribution in [2.75, 3.05) is 13.6 Å². The van der Waals surface area contributed by atoms with Crippen molar-refractivity contribution in [2.24, 2.45) is 0 Å². The lowest BCUT2D eigenvalue weighted by Gasteiger charge is -2.16. The predicted octanol–water partition coefficient (Wildman–Crippen LogP) is 2.66. The van der Waals surface area contributed by atoms with E-state index in [1.807, 2.05) is 6.20 Å². The van der Waals surface area contributed by atoms with Crippen LogP contribution in [0, 0.1) is 5.82 Å². The van der Waals surface area contributed by atoms with Crippen molar-refractivity contribution in [3.8, 4) is 5.69 Å². The van der Waals surface area contributed by atoms with E-state index < -0.39 is 0 Å². The molecule has 9 heteroatoms. The Bertz CT molecular complexity index is 948. The SMILES string of the molecule is CN(Cc1cnn(-c2ccc(F)cc2)c1)C(=O)NCCc1noc(C2CC2)n1. The lowest BCUT2D eigenvalue weighted by Crippen LogP contribution is -2.37. The maximum absolute atomic E-state index is 13.0. The van der Waals surface area contributed by atoms with Crippen LogP contribution in [0.1, 0.15) is 36.0 Å². The fourth-order valence-electron chi connectivity index (χ4n) is 2.80. The fourth-order valence-corrected chi connectivity index (χ4v) is 2.80. The number of carbonyl (C=O) groups excluding carboxylic acids is 1.